The van der Waals surface area contributed by atoms with Crippen LogP contribution >= 0.6 is 0 Å². The number of aromatic carboxylic acids is 1. The van der Waals surface area contributed by atoms with E-state index >= 15 is 0 Å². The third kappa shape index (κ3) is 1.70. The summed E-state index contributed by atoms with van der Waals surface area (Å²) in [7, 11) is 0. The lowest BCUT2D eigenvalue weighted by Crippen LogP contribution is -2.29. The minimum atomic E-state index is -1.14. The van der Waals surface area contributed by atoms with Gasteiger partial charge in [-0.15, -0.1) is 0 Å². The van der Waals surface area contributed by atoms with E-state index < -0.39 is 17.7 Å². The van der Waals surface area contributed by atoms with E-state index in [9.17, 15) is 14.4 Å². The molecule has 100 valence electrons. The molecule has 0 bridgehead atoms. The lowest BCUT2D eigenvalue weighted by molar-refractivity contribution is -0.114. The normalized spacial score (nSPS) is 13.7. The number of carboxylic acids is 1. The summed E-state index contributed by atoms with van der Waals surface area (Å²) in [5.41, 5.74) is 0.769. The minimum absolute atomic E-state index is 0.0189. The molecule has 6 nitrogen and oxygen atoms in total. The molecule has 1 aliphatic rings. The third-order valence-electron chi connectivity index (χ3n) is 3.16. The Morgan fingerprint density at radius 3 is 2.70 bits per heavy atom. The number of hydrogen-bond acceptors (Lipinski definition) is 4. The number of nitrogens with zero attached hydrogens (tertiary/aromatic N) is 1. The Morgan fingerprint density at radius 2 is 1.95 bits per heavy atom. The number of carboxylic acid groups (broad SMARTS) is 1. The smallest absolute Gasteiger partial charge is 0.339 e. The number of hydrogen-bond donors (Lipinski definition) is 1. The molecular weight excluding hydrogens is 262 g/mol. The fraction of sp³-hybridized carbons (Fsp3) is 0.0714. The SMILES string of the molecule is O=C1C(=O)N(Cc2occc2C(=O)O)c2ccccc21. The highest BCUT2D eigenvalue weighted by Gasteiger charge is 2.36. The summed E-state index contributed by atoms with van der Waals surface area (Å²) in [5.74, 6) is -2.28. The summed E-state index contributed by atoms with van der Waals surface area (Å²) >= 11 is 0. The van der Waals surface area contributed by atoms with Crippen LogP contribution in [0.3, 0.4) is 0 Å². The first-order chi connectivity index (χ1) is 9.59. The highest BCUT2D eigenvalue weighted by atomic mass is 16.4. The second kappa shape index (κ2) is 4.34. The van der Waals surface area contributed by atoms with E-state index in [1.54, 1.807) is 24.3 Å². The number of furan rings is 1. The molecule has 3 rings (SSSR count). The molecule has 0 fully saturated rings. The molecule has 20 heavy (non-hydrogen) atoms. The van der Waals surface area contributed by atoms with Crippen molar-refractivity contribution in [1.82, 2.24) is 0 Å². The van der Waals surface area contributed by atoms with E-state index in [0.717, 1.165) is 0 Å². The molecule has 2 heterocycles. The molecule has 0 atom stereocenters. The highest BCUT2D eigenvalue weighted by Crippen LogP contribution is 2.30. The zero-order valence-electron chi connectivity index (χ0n) is 10.2. The predicted octanol–water partition coefficient (Wildman–Crippen LogP) is 1.71. The second-order valence-electron chi connectivity index (χ2n) is 4.30. The van der Waals surface area contributed by atoms with E-state index in [2.05, 4.69) is 0 Å². The van der Waals surface area contributed by atoms with Crippen molar-refractivity contribution in [2.75, 3.05) is 4.90 Å². The molecule has 0 unspecified atom stereocenters. The van der Waals surface area contributed by atoms with Gasteiger partial charge in [0.05, 0.1) is 24.1 Å². The van der Waals surface area contributed by atoms with Crippen molar-refractivity contribution in [3.05, 3.63) is 53.5 Å². The van der Waals surface area contributed by atoms with Gasteiger partial charge in [-0.25, -0.2) is 4.79 Å². The first-order valence-electron chi connectivity index (χ1n) is 5.84. The van der Waals surface area contributed by atoms with Gasteiger partial charge in [0.25, 0.3) is 11.7 Å². The summed E-state index contributed by atoms with van der Waals surface area (Å²) in [6.45, 7) is -0.0871. The molecule has 0 aliphatic carbocycles. The van der Waals surface area contributed by atoms with Crippen LogP contribution in [-0.4, -0.2) is 22.8 Å². The molecule has 0 saturated carbocycles. The predicted molar refractivity (Wildman–Crippen MR) is 67.6 cm³/mol. The Hall–Kier alpha value is -2.89. The van der Waals surface area contributed by atoms with Crippen molar-refractivity contribution in [3.8, 4) is 0 Å². The number of anilines is 1. The minimum Gasteiger partial charge on any atom is -0.478 e. The standard InChI is InChI=1S/C14H9NO5/c16-12-8-3-1-2-4-10(8)15(13(12)17)7-11-9(14(18)19)5-6-20-11/h1-6H,7H2,(H,18,19). The van der Waals surface area contributed by atoms with Crippen LogP contribution in [0.15, 0.2) is 41.0 Å². The summed E-state index contributed by atoms with van der Waals surface area (Å²) in [6, 6.07) is 7.89. The fourth-order valence-corrected chi connectivity index (χ4v) is 2.20. The second-order valence-corrected chi connectivity index (χ2v) is 4.30. The van der Waals surface area contributed by atoms with Crippen molar-refractivity contribution in [2.24, 2.45) is 0 Å². The van der Waals surface area contributed by atoms with Gasteiger partial charge in [0.2, 0.25) is 0 Å². The van der Waals surface area contributed by atoms with Crippen molar-refractivity contribution in [3.63, 3.8) is 0 Å². The van der Waals surface area contributed by atoms with Crippen LogP contribution in [-0.2, 0) is 11.3 Å². The fourth-order valence-electron chi connectivity index (χ4n) is 2.20. The quantitative estimate of drug-likeness (QED) is 0.858. The molecule has 0 spiro atoms. The topological polar surface area (TPSA) is 87.8 Å². The number of Topliss-reactive ketones (excluding diaryl/α,β-unsaturated/α-hetero) is 1. The molecule has 1 N–H and O–H groups in total. The monoisotopic (exact) mass is 271 g/mol. The lowest BCUT2D eigenvalue weighted by atomic mass is 10.1. The largest absolute Gasteiger partial charge is 0.478 e. The summed E-state index contributed by atoms with van der Waals surface area (Å²) in [5, 5.41) is 9.01. The van der Waals surface area contributed by atoms with Gasteiger partial charge in [-0.2, -0.15) is 0 Å². The molecular formula is C14H9NO5. The van der Waals surface area contributed by atoms with E-state index in [4.69, 9.17) is 9.52 Å². The van der Waals surface area contributed by atoms with E-state index in [-0.39, 0.29) is 17.9 Å². The number of para-hydroxylation sites is 1. The van der Waals surface area contributed by atoms with Crippen LogP contribution < -0.4 is 4.90 Å². The van der Waals surface area contributed by atoms with Crippen LogP contribution in [0, 0.1) is 0 Å². The number of ketones is 1. The van der Waals surface area contributed by atoms with Crippen molar-refractivity contribution < 1.29 is 23.9 Å². The van der Waals surface area contributed by atoms with Gasteiger partial charge >= 0.3 is 5.97 Å². The zero-order chi connectivity index (χ0) is 14.3. The Balaban J connectivity index is 1.99. The number of carbonyl (C=O) groups is 3. The van der Waals surface area contributed by atoms with Gasteiger partial charge < -0.3 is 9.52 Å². The molecule has 0 radical (unpaired) electrons. The van der Waals surface area contributed by atoms with E-state index in [0.29, 0.717) is 11.3 Å². The molecule has 1 aliphatic heterocycles. The molecule has 1 amide bonds. The summed E-state index contributed by atoms with van der Waals surface area (Å²) < 4.78 is 5.10. The Bertz CT molecular complexity index is 731. The highest BCUT2D eigenvalue weighted by molar-refractivity contribution is 6.52. The van der Waals surface area contributed by atoms with Crippen LogP contribution in [0.25, 0.3) is 0 Å². The molecule has 0 saturated heterocycles. The molecule has 2 aromatic rings. The van der Waals surface area contributed by atoms with Crippen molar-refractivity contribution in [2.45, 2.75) is 6.54 Å². The van der Waals surface area contributed by atoms with Crippen molar-refractivity contribution >= 4 is 23.3 Å². The zero-order valence-corrected chi connectivity index (χ0v) is 10.2. The first-order valence-corrected chi connectivity index (χ1v) is 5.84. The van der Waals surface area contributed by atoms with Crippen LogP contribution in [0.5, 0.6) is 0 Å². The summed E-state index contributed by atoms with van der Waals surface area (Å²) in [4.78, 5) is 36.0. The lowest BCUT2D eigenvalue weighted by Gasteiger charge is -2.15. The maximum absolute atomic E-state index is 12.0. The number of amides is 1. The maximum Gasteiger partial charge on any atom is 0.339 e. The van der Waals surface area contributed by atoms with E-state index in [1.807, 2.05) is 0 Å². The average Bonchev–Trinajstić information content (AvgIpc) is 2.99. The Kier molecular flexibility index (Phi) is 2.64. The maximum atomic E-state index is 12.0. The number of carbonyl (C=O) groups excluding carboxylic acids is 2. The number of benzene rings is 1. The first kappa shape index (κ1) is 12.2. The van der Waals surface area contributed by atoms with Crippen molar-refractivity contribution in [1.29, 1.82) is 0 Å². The van der Waals surface area contributed by atoms with Crippen LogP contribution in [0.4, 0.5) is 5.69 Å². The third-order valence-corrected chi connectivity index (χ3v) is 3.16. The Morgan fingerprint density at radius 1 is 1.20 bits per heavy atom. The number of fused-ring (bicyclic) bond motifs is 1. The van der Waals surface area contributed by atoms with Gasteiger partial charge in [0.15, 0.2) is 0 Å². The van der Waals surface area contributed by atoms with Gasteiger partial charge in [0, 0.05) is 0 Å². The van der Waals surface area contributed by atoms with Gasteiger partial charge in [-0.3, -0.25) is 14.5 Å². The van der Waals surface area contributed by atoms with Gasteiger partial charge in [-0.05, 0) is 18.2 Å². The average molecular weight is 271 g/mol. The molecule has 6 heteroatoms. The molecule has 1 aromatic carbocycles. The molecule has 1 aromatic heterocycles. The van der Waals surface area contributed by atoms with Crippen LogP contribution in [0.2, 0.25) is 0 Å². The van der Waals surface area contributed by atoms with E-state index in [1.165, 1.54) is 17.2 Å². The van der Waals surface area contributed by atoms with Gasteiger partial charge in [-0.1, -0.05) is 12.1 Å². The van der Waals surface area contributed by atoms with Crippen LogP contribution in [0.1, 0.15) is 26.5 Å². The Labute approximate surface area is 113 Å². The summed E-state index contributed by atoms with van der Waals surface area (Å²) in [6.07, 6.45) is 1.24. The van der Waals surface area contributed by atoms with Gasteiger partial charge in [0.1, 0.15) is 11.3 Å². The number of rotatable bonds is 3.